The Hall–Kier alpha value is -3.22. The van der Waals surface area contributed by atoms with Gasteiger partial charge in [0.2, 0.25) is 0 Å². The first kappa shape index (κ1) is 17.6. The number of aromatic nitrogens is 2. The largest absolute Gasteiger partial charge is 0.365 e. The molecule has 7 nitrogen and oxygen atoms in total. The first-order chi connectivity index (χ1) is 12.7. The molecule has 1 unspecified atom stereocenters. The molecule has 134 valence electrons. The van der Waals surface area contributed by atoms with Crippen molar-refractivity contribution in [3.63, 3.8) is 0 Å². The van der Waals surface area contributed by atoms with Gasteiger partial charge in [-0.05, 0) is 30.7 Å². The van der Waals surface area contributed by atoms with Gasteiger partial charge in [0.25, 0.3) is 11.8 Å². The normalized spacial score (nSPS) is 16.2. The van der Waals surface area contributed by atoms with E-state index in [-0.39, 0.29) is 17.9 Å². The minimum atomic E-state index is -0.183. The van der Waals surface area contributed by atoms with Crippen molar-refractivity contribution >= 4 is 17.6 Å². The van der Waals surface area contributed by atoms with Crippen molar-refractivity contribution in [1.82, 2.24) is 20.2 Å². The van der Waals surface area contributed by atoms with Crippen molar-refractivity contribution < 1.29 is 9.59 Å². The molecule has 1 aliphatic rings. The molecular weight excluding hydrogens is 330 g/mol. The second kappa shape index (κ2) is 8.24. The van der Waals surface area contributed by atoms with Gasteiger partial charge in [-0.2, -0.15) is 0 Å². The zero-order valence-corrected chi connectivity index (χ0v) is 14.4. The van der Waals surface area contributed by atoms with Gasteiger partial charge in [-0.25, -0.2) is 4.98 Å². The lowest BCUT2D eigenvalue weighted by Gasteiger charge is -2.17. The van der Waals surface area contributed by atoms with Gasteiger partial charge in [0.15, 0.2) is 0 Å². The Bertz CT molecular complexity index is 776. The van der Waals surface area contributed by atoms with Crippen LogP contribution in [0.15, 0.2) is 55.4 Å². The molecule has 2 aromatic rings. The third-order valence-electron chi connectivity index (χ3n) is 4.14. The zero-order valence-electron chi connectivity index (χ0n) is 14.4. The number of rotatable bonds is 6. The third-order valence-corrected chi connectivity index (χ3v) is 4.14. The Morgan fingerprint density at radius 1 is 1.27 bits per heavy atom. The predicted molar refractivity (Wildman–Crippen MR) is 98.9 cm³/mol. The van der Waals surface area contributed by atoms with Gasteiger partial charge in [-0.15, -0.1) is 6.58 Å². The highest BCUT2D eigenvalue weighted by Crippen LogP contribution is 2.16. The second-order valence-corrected chi connectivity index (χ2v) is 6.03. The number of nitrogens with zero attached hydrogens (tertiary/aromatic N) is 3. The highest BCUT2D eigenvalue weighted by Gasteiger charge is 2.27. The fourth-order valence-corrected chi connectivity index (χ4v) is 2.80. The second-order valence-electron chi connectivity index (χ2n) is 6.03. The molecule has 0 radical (unpaired) electrons. The number of anilines is 1. The number of amides is 2. The Balaban J connectivity index is 1.54. The summed E-state index contributed by atoms with van der Waals surface area (Å²) in [4.78, 5) is 34.4. The summed E-state index contributed by atoms with van der Waals surface area (Å²) < 4.78 is 0. The van der Waals surface area contributed by atoms with Crippen LogP contribution < -0.4 is 10.6 Å². The predicted octanol–water partition coefficient (Wildman–Crippen LogP) is 1.72. The summed E-state index contributed by atoms with van der Waals surface area (Å²) in [6.07, 6.45) is 5.61. The molecule has 1 aliphatic heterocycles. The van der Waals surface area contributed by atoms with Gasteiger partial charge < -0.3 is 15.5 Å². The van der Waals surface area contributed by atoms with Gasteiger partial charge in [-0.3, -0.25) is 14.6 Å². The molecule has 3 rings (SSSR count). The average molecular weight is 351 g/mol. The van der Waals surface area contributed by atoms with Crippen LogP contribution in [0.4, 0.5) is 5.82 Å². The fourth-order valence-electron chi connectivity index (χ4n) is 2.80. The molecular formula is C19H21N5O2. The van der Waals surface area contributed by atoms with Gasteiger partial charge in [-0.1, -0.05) is 12.1 Å². The van der Waals surface area contributed by atoms with E-state index >= 15 is 0 Å². The molecule has 0 bridgehead atoms. The number of pyridine rings is 2. The van der Waals surface area contributed by atoms with Crippen molar-refractivity contribution in [2.24, 2.45) is 0 Å². The molecule has 2 N–H and O–H groups in total. The number of hydrogen-bond acceptors (Lipinski definition) is 5. The third kappa shape index (κ3) is 4.24. The maximum atomic E-state index is 12.4. The van der Waals surface area contributed by atoms with Gasteiger partial charge in [0.1, 0.15) is 11.5 Å². The Labute approximate surface area is 152 Å². The Kier molecular flexibility index (Phi) is 5.58. The number of nitrogens with one attached hydrogen (secondary N) is 2. The Morgan fingerprint density at radius 3 is 2.85 bits per heavy atom. The van der Waals surface area contributed by atoms with E-state index in [4.69, 9.17) is 0 Å². The van der Waals surface area contributed by atoms with Crippen LogP contribution in [0.1, 0.15) is 27.3 Å². The lowest BCUT2D eigenvalue weighted by atomic mass is 10.2. The minimum Gasteiger partial charge on any atom is -0.365 e. The molecule has 26 heavy (non-hydrogen) atoms. The van der Waals surface area contributed by atoms with Gasteiger partial charge in [0.05, 0.1) is 5.56 Å². The molecule has 7 heteroatoms. The molecule has 0 aromatic carbocycles. The average Bonchev–Trinajstić information content (AvgIpc) is 3.15. The van der Waals surface area contributed by atoms with Crippen molar-refractivity contribution in [2.45, 2.75) is 12.5 Å². The van der Waals surface area contributed by atoms with E-state index in [1.165, 1.54) is 6.20 Å². The monoisotopic (exact) mass is 351 g/mol. The summed E-state index contributed by atoms with van der Waals surface area (Å²) in [7, 11) is 0. The van der Waals surface area contributed by atoms with Crippen LogP contribution in [-0.2, 0) is 0 Å². The summed E-state index contributed by atoms with van der Waals surface area (Å²) >= 11 is 0. The molecule has 0 spiro atoms. The van der Waals surface area contributed by atoms with Gasteiger partial charge in [0, 0.05) is 38.1 Å². The summed E-state index contributed by atoms with van der Waals surface area (Å²) in [6.45, 7) is 5.25. The minimum absolute atomic E-state index is 0.0582. The standard InChI is InChI=1S/C19H21N5O2/c1-2-9-21-18(25)14-6-7-17(22-12-14)23-15-8-11-24(13-15)19(26)16-5-3-4-10-20-16/h2-7,10,12,15H,1,8-9,11,13H2,(H,21,25)(H,22,23). The van der Waals surface area contributed by atoms with Crippen molar-refractivity contribution in [3.8, 4) is 0 Å². The molecule has 0 aliphatic carbocycles. The highest BCUT2D eigenvalue weighted by atomic mass is 16.2. The van der Waals surface area contributed by atoms with Crippen LogP contribution in [0, 0.1) is 0 Å². The number of hydrogen-bond donors (Lipinski definition) is 2. The van der Waals surface area contributed by atoms with Crippen molar-refractivity contribution in [2.75, 3.05) is 25.0 Å². The molecule has 0 saturated carbocycles. The molecule has 2 amide bonds. The topological polar surface area (TPSA) is 87.2 Å². The Morgan fingerprint density at radius 2 is 2.15 bits per heavy atom. The van der Waals surface area contributed by atoms with Crippen LogP contribution in [0.5, 0.6) is 0 Å². The number of likely N-dealkylation sites (tertiary alicyclic amines) is 1. The summed E-state index contributed by atoms with van der Waals surface area (Å²) in [5, 5.41) is 6.02. The molecule has 1 saturated heterocycles. The maximum absolute atomic E-state index is 12.4. The lowest BCUT2D eigenvalue weighted by molar-refractivity contribution is 0.0785. The van der Waals surface area contributed by atoms with Crippen LogP contribution >= 0.6 is 0 Å². The van der Waals surface area contributed by atoms with Crippen molar-refractivity contribution in [3.05, 3.63) is 66.6 Å². The van der Waals surface area contributed by atoms with Crippen LogP contribution in [0.2, 0.25) is 0 Å². The van der Waals surface area contributed by atoms with E-state index in [1.807, 2.05) is 6.07 Å². The quantitative estimate of drug-likeness (QED) is 0.774. The number of carbonyl (C=O) groups is 2. The first-order valence-electron chi connectivity index (χ1n) is 8.49. The SMILES string of the molecule is C=CCNC(=O)c1ccc(NC2CCN(C(=O)c3ccccn3)C2)nc1. The highest BCUT2D eigenvalue weighted by molar-refractivity contribution is 5.94. The molecule has 3 heterocycles. The number of carbonyl (C=O) groups excluding carboxylic acids is 2. The molecule has 1 fully saturated rings. The molecule has 2 aromatic heterocycles. The van der Waals surface area contributed by atoms with E-state index in [2.05, 4.69) is 27.2 Å². The van der Waals surface area contributed by atoms with Gasteiger partial charge >= 0.3 is 0 Å². The van der Waals surface area contributed by atoms with E-state index < -0.39 is 0 Å². The van der Waals surface area contributed by atoms with Crippen LogP contribution in [0.25, 0.3) is 0 Å². The van der Waals surface area contributed by atoms with E-state index in [1.54, 1.807) is 41.4 Å². The smallest absolute Gasteiger partial charge is 0.272 e. The molecule has 1 atom stereocenters. The lowest BCUT2D eigenvalue weighted by Crippen LogP contribution is -2.32. The van der Waals surface area contributed by atoms with E-state index in [0.29, 0.717) is 36.7 Å². The maximum Gasteiger partial charge on any atom is 0.272 e. The summed E-state index contributed by atoms with van der Waals surface area (Å²) in [5.74, 6) is 0.441. The zero-order chi connectivity index (χ0) is 18.4. The first-order valence-corrected chi connectivity index (χ1v) is 8.49. The van der Waals surface area contributed by atoms with E-state index in [0.717, 1.165) is 6.42 Å². The van der Waals surface area contributed by atoms with E-state index in [9.17, 15) is 9.59 Å². The fraction of sp³-hybridized carbons (Fsp3) is 0.263. The van der Waals surface area contributed by atoms with Crippen LogP contribution in [0.3, 0.4) is 0 Å². The summed E-state index contributed by atoms with van der Waals surface area (Å²) in [6, 6.07) is 8.93. The summed E-state index contributed by atoms with van der Waals surface area (Å²) in [5.41, 5.74) is 0.956. The van der Waals surface area contributed by atoms with Crippen LogP contribution in [-0.4, -0.2) is 52.4 Å². The van der Waals surface area contributed by atoms with Crippen molar-refractivity contribution in [1.29, 1.82) is 0 Å².